The third kappa shape index (κ3) is 6.03. The summed E-state index contributed by atoms with van der Waals surface area (Å²) in [5.74, 6) is 3.21. The predicted octanol–water partition coefficient (Wildman–Crippen LogP) is 7.51. The van der Waals surface area contributed by atoms with E-state index in [1.165, 1.54) is 37.7 Å². The van der Waals surface area contributed by atoms with E-state index in [0.29, 0.717) is 30.0 Å². The van der Waals surface area contributed by atoms with E-state index in [4.69, 9.17) is 0 Å². The molecule has 0 aliphatic heterocycles. The molecule has 1 aromatic rings. The highest BCUT2D eigenvalue weighted by atomic mass is 16.1. The number of hydrogen-bond donors (Lipinski definition) is 0. The maximum absolute atomic E-state index is 12.5. The Morgan fingerprint density at radius 1 is 0.862 bits per heavy atom. The molecule has 2 aliphatic carbocycles. The molecular weight excluding hydrogens is 356 g/mol. The highest BCUT2D eigenvalue weighted by Gasteiger charge is 2.34. The largest absolute Gasteiger partial charge is 0.299 e. The van der Waals surface area contributed by atoms with Crippen molar-refractivity contribution in [2.24, 2.45) is 17.8 Å². The van der Waals surface area contributed by atoms with Crippen LogP contribution in [0, 0.1) is 17.8 Å². The Labute approximate surface area is 177 Å². The molecule has 2 heteroatoms. The van der Waals surface area contributed by atoms with Gasteiger partial charge < -0.3 is 0 Å². The molecule has 2 atom stereocenters. The molecule has 2 fully saturated rings. The first-order valence-electron chi connectivity index (χ1n) is 12.3. The summed E-state index contributed by atoms with van der Waals surface area (Å²) in [7, 11) is 0. The van der Waals surface area contributed by atoms with Gasteiger partial charge in [0.1, 0.15) is 5.78 Å². The Hall–Kier alpha value is -1.44. The minimum atomic E-state index is 0.289. The number of hydrogen-bond acceptors (Lipinski definition) is 2. The highest BCUT2D eigenvalue weighted by Crippen LogP contribution is 2.43. The van der Waals surface area contributed by atoms with Crippen LogP contribution < -0.4 is 0 Å². The summed E-state index contributed by atoms with van der Waals surface area (Å²) in [5.41, 5.74) is 2.28. The fraction of sp³-hybridized carbons (Fsp3) is 0.704. The van der Waals surface area contributed by atoms with Gasteiger partial charge in [-0.2, -0.15) is 0 Å². The zero-order valence-electron chi connectivity index (χ0n) is 18.6. The first-order chi connectivity index (χ1) is 14.1. The second-order valence-electron chi connectivity index (χ2n) is 9.61. The van der Waals surface area contributed by atoms with Gasteiger partial charge in [-0.25, -0.2) is 0 Å². The number of carbonyl (C=O) groups excluding carboxylic acids is 2. The van der Waals surface area contributed by atoms with Gasteiger partial charge in [-0.05, 0) is 74.7 Å². The third-order valence-electron chi connectivity index (χ3n) is 7.59. The number of benzene rings is 1. The van der Waals surface area contributed by atoms with Crippen molar-refractivity contribution in [1.29, 1.82) is 0 Å². The van der Waals surface area contributed by atoms with Gasteiger partial charge in [0.05, 0.1) is 0 Å². The summed E-state index contributed by atoms with van der Waals surface area (Å²) in [4.78, 5) is 24.8. The van der Waals surface area contributed by atoms with Crippen molar-refractivity contribution in [2.75, 3.05) is 0 Å². The zero-order chi connectivity index (χ0) is 20.6. The molecule has 0 amide bonds. The predicted molar refractivity (Wildman–Crippen MR) is 120 cm³/mol. The fourth-order valence-electron chi connectivity index (χ4n) is 5.70. The molecule has 3 rings (SSSR count). The smallest absolute Gasteiger partial charge is 0.162 e. The molecule has 2 nitrogen and oxygen atoms in total. The highest BCUT2D eigenvalue weighted by molar-refractivity contribution is 5.96. The van der Waals surface area contributed by atoms with Crippen LogP contribution in [0.4, 0.5) is 0 Å². The SMILES string of the molecule is CCCCCC(=O)c1ccc(C2CCC([C@H]3CC[C@H](CCC)C(=O)C3)CC2)cc1. The molecule has 160 valence electrons. The van der Waals surface area contributed by atoms with E-state index in [1.54, 1.807) is 0 Å². The molecule has 1 aromatic carbocycles. The van der Waals surface area contributed by atoms with E-state index in [0.717, 1.165) is 56.4 Å². The fourth-order valence-corrected chi connectivity index (χ4v) is 5.70. The lowest BCUT2D eigenvalue weighted by atomic mass is 9.67. The number of carbonyl (C=O) groups is 2. The van der Waals surface area contributed by atoms with Crippen molar-refractivity contribution < 1.29 is 9.59 Å². The monoisotopic (exact) mass is 396 g/mol. The van der Waals surface area contributed by atoms with Gasteiger partial charge in [0, 0.05) is 24.3 Å². The first kappa shape index (κ1) is 22.2. The second-order valence-corrected chi connectivity index (χ2v) is 9.61. The van der Waals surface area contributed by atoms with Crippen molar-refractivity contribution in [2.45, 2.75) is 103 Å². The number of unbranched alkanes of at least 4 members (excludes halogenated alkanes) is 2. The maximum Gasteiger partial charge on any atom is 0.162 e. The second kappa shape index (κ2) is 11.1. The summed E-state index contributed by atoms with van der Waals surface area (Å²) < 4.78 is 0. The normalized spacial score (nSPS) is 27.7. The van der Waals surface area contributed by atoms with Crippen LogP contribution in [0.2, 0.25) is 0 Å². The molecule has 0 spiro atoms. The van der Waals surface area contributed by atoms with Crippen molar-refractivity contribution in [3.63, 3.8) is 0 Å². The lowest BCUT2D eigenvalue weighted by Crippen LogP contribution is -2.30. The van der Waals surface area contributed by atoms with Gasteiger partial charge in [0.15, 0.2) is 5.78 Å². The van der Waals surface area contributed by atoms with Crippen LogP contribution in [0.3, 0.4) is 0 Å². The van der Waals surface area contributed by atoms with E-state index in [2.05, 4.69) is 26.0 Å². The minimum absolute atomic E-state index is 0.289. The molecule has 29 heavy (non-hydrogen) atoms. The first-order valence-corrected chi connectivity index (χ1v) is 12.3. The maximum atomic E-state index is 12.5. The van der Waals surface area contributed by atoms with Gasteiger partial charge in [-0.1, -0.05) is 57.4 Å². The summed E-state index contributed by atoms with van der Waals surface area (Å²) in [6.07, 6.45) is 14.4. The number of Topliss-reactive ketones (excluding diaryl/α,β-unsaturated/α-hetero) is 2. The molecule has 0 unspecified atom stereocenters. The van der Waals surface area contributed by atoms with E-state index in [9.17, 15) is 9.59 Å². The van der Waals surface area contributed by atoms with Crippen LogP contribution in [0.25, 0.3) is 0 Å². The molecular formula is C27H40O2. The Morgan fingerprint density at radius 2 is 1.55 bits per heavy atom. The van der Waals surface area contributed by atoms with E-state index in [1.807, 2.05) is 12.1 Å². The average molecular weight is 397 g/mol. The van der Waals surface area contributed by atoms with Gasteiger partial charge in [0.25, 0.3) is 0 Å². The van der Waals surface area contributed by atoms with E-state index in [-0.39, 0.29) is 5.78 Å². The number of ketones is 2. The van der Waals surface area contributed by atoms with E-state index >= 15 is 0 Å². The standard InChI is InChI=1S/C27H40O2/c1-3-5-6-8-26(28)24-15-13-21(14-16-24)20-9-11-22(12-10-20)25-18-17-23(7-4-2)27(29)19-25/h13-16,20,22-23,25H,3-12,17-19H2,1-2H3/t20?,22?,23-,25-/m0/s1. The Balaban J connectivity index is 1.47. The van der Waals surface area contributed by atoms with Crippen molar-refractivity contribution in [3.8, 4) is 0 Å². The Bertz CT molecular complexity index is 652. The summed E-state index contributed by atoms with van der Waals surface area (Å²) in [5, 5.41) is 0. The Kier molecular flexibility index (Phi) is 8.51. The summed E-state index contributed by atoms with van der Waals surface area (Å²) in [6.45, 7) is 4.36. The van der Waals surface area contributed by atoms with Gasteiger partial charge in [-0.15, -0.1) is 0 Å². The third-order valence-corrected chi connectivity index (χ3v) is 7.59. The summed E-state index contributed by atoms with van der Waals surface area (Å²) in [6, 6.07) is 8.47. The van der Waals surface area contributed by atoms with Crippen LogP contribution in [0.5, 0.6) is 0 Å². The summed E-state index contributed by atoms with van der Waals surface area (Å²) >= 11 is 0. The van der Waals surface area contributed by atoms with Crippen molar-refractivity contribution in [3.05, 3.63) is 35.4 Å². The molecule has 0 bridgehead atoms. The van der Waals surface area contributed by atoms with Gasteiger partial charge >= 0.3 is 0 Å². The zero-order valence-corrected chi connectivity index (χ0v) is 18.6. The molecule has 2 aliphatic rings. The quantitative estimate of drug-likeness (QED) is 0.320. The number of rotatable bonds is 9. The van der Waals surface area contributed by atoms with E-state index < -0.39 is 0 Å². The van der Waals surface area contributed by atoms with Crippen LogP contribution >= 0.6 is 0 Å². The van der Waals surface area contributed by atoms with Crippen molar-refractivity contribution >= 4 is 11.6 Å². The van der Waals surface area contributed by atoms with Crippen LogP contribution in [0.15, 0.2) is 24.3 Å². The van der Waals surface area contributed by atoms with Gasteiger partial charge in [-0.3, -0.25) is 9.59 Å². The molecule has 0 N–H and O–H groups in total. The average Bonchev–Trinajstić information content (AvgIpc) is 2.76. The Morgan fingerprint density at radius 3 is 2.17 bits per heavy atom. The van der Waals surface area contributed by atoms with Crippen molar-refractivity contribution in [1.82, 2.24) is 0 Å². The molecule has 0 saturated heterocycles. The minimum Gasteiger partial charge on any atom is -0.299 e. The lowest BCUT2D eigenvalue weighted by Gasteiger charge is -2.37. The topological polar surface area (TPSA) is 34.1 Å². The molecule has 0 heterocycles. The lowest BCUT2D eigenvalue weighted by molar-refractivity contribution is -0.127. The molecule has 0 radical (unpaired) electrons. The van der Waals surface area contributed by atoms with Crippen LogP contribution in [0.1, 0.15) is 119 Å². The molecule has 0 aromatic heterocycles. The van der Waals surface area contributed by atoms with Crippen LogP contribution in [-0.4, -0.2) is 11.6 Å². The van der Waals surface area contributed by atoms with Crippen LogP contribution in [-0.2, 0) is 4.79 Å². The molecule has 2 saturated carbocycles. The van der Waals surface area contributed by atoms with Gasteiger partial charge in [0.2, 0.25) is 0 Å².